The fraction of sp³-hybridized carbons (Fsp3) is 0.474. The molecule has 1 aliphatic heterocycles. The molecule has 2 N–H and O–H groups in total. The molecule has 25 heavy (non-hydrogen) atoms. The minimum Gasteiger partial charge on any atom is -0.434 e. The molecule has 2 heterocycles. The maximum atomic E-state index is 13.8. The summed E-state index contributed by atoms with van der Waals surface area (Å²) in [4.78, 5) is 10.6. The first-order valence-electron chi connectivity index (χ1n) is 8.64. The van der Waals surface area contributed by atoms with Gasteiger partial charge in [-0.25, -0.2) is 9.37 Å². The van der Waals surface area contributed by atoms with Crippen LogP contribution in [0.15, 0.2) is 30.6 Å². The Morgan fingerprint density at radius 1 is 1.16 bits per heavy atom. The number of nitrogens with zero attached hydrogens (tertiary/aromatic N) is 3. The van der Waals surface area contributed by atoms with E-state index in [2.05, 4.69) is 35.6 Å². The third-order valence-electron chi connectivity index (χ3n) is 4.89. The Labute approximate surface area is 148 Å². The standard InChI is InChI=1S/C19H25FN4O/c1-19(2,3)13-8-10-24(11-9-13)17-16(21)18(23-12-22-17)25-15-7-5-4-6-14(15)20/h4-7,12-13H,8-11,21H2,1-3H3. The fourth-order valence-electron chi connectivity index (χ4n) is 3.29. The number of para-hydroxylation sites is 1. The van der Waals surface area contributed by atoms with Crippen LogP contribution in [0.3, 0.4) is 0 Å². The van der Waals surface area contributed by atoms with Crippen molar-refractivity contribution in [3.63, 3.8) is 0 Å². The first-order chi connectivity index (χ1) is 11.9. The van der Waals surface area contributed by atoms with Crippen LogP contribution in [0.2, 0.25) is 0 Å². The van der Waals surface area contributed by atoms with Crippen molar-refractivity contribution in [3.05, 3.63) is 36.4 Å². The van der Waals surface area contributed by atoms with E-state index in [0.29, 0.717) is 22.8 Å². The molecule has 1 saturated heterocycles. The van der Waals surface area contributed by atoms with E-state index in [-0.39, 0.29) is 11.6 Å². The van der Waals surface area contributed by atoms with Crippen LogP contribution in [-0.2, 0) is 0 Å². The monoisotopic (exact) mass is 344 g/mol. The highest BCUT2D eigenvalue weighted by Crippen LogP contribution is 2.38. The number of ether oxygens (including phenoxy) is 1. The summed E-state index contributed by atoms with van der Waals surface area (Å²) in [6.45, 7) is 8.64. The van der Waals surface area contributed by atoms with E-state index in [9.17, 15) is 4.39 Å². The van der Waals surface area contributed by atoms with Crippen molar-refractivity contribution in [2.24, 2.45) is 11.3 Å². The first kappa shape index (κ1) is 17.5. The second kappa shape index (κ2) is 6.86. The minimum atomic E-state index is -0.451. The normalized spacial score (nSPS) is 16.1. The highest BCUT2D eigenvalue weighted by atomic mass is 19.1. The zero-order valence-electron chi connectivity index (χ0n) is 15.0. The number of hydrogen-bond donors (Lipinski definition) is 1. The molecule has 1 aromatic carbocycles. The van der Waals surface area contributed by atoms with E-state index in [1.807, 2.05) is 0 Å². The molecule has 0 aliphatic carbocycles. The molecule has 3 rings (SSSR count). The van der Waals surface area contributed by atoms with Gasteiger partial charge in [0.25, 0.3) is 0 Å². The molecular formula is C19H25FN4O. The molecule has 0 saturated carbocycles. The molecule has 134 valence electrons. The van der Waals surface area contributed by atoms with Crippen molar-refractivity contribution in [2.75, 3.05) is 23.7 Å². The molecule has 0 bridgehead atoms. The molecule has 0 radical (unpaired) electrons. The van der Waals surface area contributed by atoms with Gasteiger partial charge >= 0.3 is 0 Å². The Hall–Kier alpha value is -2.37. The van der Waals surface area contributed by atoms with Crippen molar-refractivity contribution in [1.29, 1.82) is 0 Å². The summed E-state index contributed by atoms with van der Waals surface area (Å²) < 4.78 is 19.4. The predicted octanol–water partition coefficient (Wildman–Crippen LogP) is 4.25. The lowest BCUT2D eigenvalue weighted by Crippen LogP contribution is -2.38. The third kappa shape index (κ3) is 3.83. The van der Waals surface area contributed by atoms with Crippen molar-refractivity contribution in [3.8, 4) is 11.6 Å². The number of rotatable bonds is 3. The number of aromatic nitrogens is 2. The van der Waals surface area contributed by atoms with E-state index < -0.39 is 5.82 Å². The van der Waals surface area contributed by atoms with Crippen LogP contribution < -0.4 is 15.4 Å². The molecule has 0 unspecified atom stereocenters. The van der Waals surface area contributed by atoms with E-state index in [0.717, 1.165) is 25.9 Å². The Balaban J connectivity index is 1.77. The largest absolute Gasteiger partial charge is 0.434 e. The van der Waals surface area contributed by atoms with Gasteiger partial charge in [0.1, 0.15) is 12.0 Å². The van der Waals surface area contributed by atoms with E-state index >= 15 is 0 Å². The van der Waals surface area contributed by atoms with Gasteiger partial charge in [-0.15, -0.1) is 0 Å². The van der Waals surface area contributed by atoms with Gasteiger partial charge in [0.05, 0.1) is 0 Å². The van der Waals surface area contributed by atoms with E-state index in [4.69, 9.17) is 10.5 Å². The zero-order valence-corrected chi connectivity index (χ0v) is 15.0. The van der Waals surface area contributed by atoms with Gasteiger partial charge in [0.15, 0.2) is 17.4 Å². The summed E-state index contributed by atoms with van der Waals surface area (Å²) in [6.07, 6.45) is 3.60. The van der Waals surface area contributed by atoms with Crippen molar-refractivity contribution in [2.45, 2.75) is 33.6 Å². The highest BCUT2D eigenvalue weighted by molar-refractivity contribution is 5.68. The lowest BCUT2D eigenvalue weighted by atomic mass is 9.75. The number of nitrogen functional groups attached to an aromatic ring is 1. The third-order valence-corrected chi connectivity index (χ3v) is 4.89. The van der Waals surface area contributed by atoms with Crippen LogP contribution in [0.5, 0.6) is 11.6 Å². The average molecular weight is 344 g/mol. The van der Waals surface area contributed by atoms with Crippen LogP contribution in [-0.4, -0.2) is 23.1 Å². The Morgan fingerprint density at radius 2 is 1.84 bits per heavy atom. The molecular weight excluding hydrogens is 319 g/mol. The first-order valence-corrected chi connectivity index (χ1v) is 8.64. The van der Waals surface area contributed by atoms with Gasteiger partial charge < -0.3 is 15.4 Å². The quantitative estimate of drug-likeness (QED) is 0.901. The molecule has 1 fully saturated rings. The molecule has 0 spiro atoms. The molecule has 5 nitrogen and oxygen atoms in total. The zero-order chi connectivity index (χ0) is 18.0. The summed E-state index contributed by atoms with van der Waals surface area (Å²) in [5.41, 5.74) is 6.87. The van der Waals surface area contributed by atoms with Gasteiger partial charge in [-0.1, -0.05) is 32.9 Å². The molecule has 1 aliphatic rings. The van der Waals surface area contributed by atoms with Crippen LogP contribution in [0.1, 0.15) is 33.6 Å². The molecule has 0 amide bonds. The number of hydrogen-bond acceptors (Lipinski definition) is 5. The smallest absolute Gasteiger partial charge is 0.248 e. The summed E-state index contributed by atoms with van der Waals surface area (Å²) in [6, 6.07) is 6.20. The SMILES string of the molecule is CC(C)(C)C1CCN(c2ncnc(Oc3ccccc3F)c2N)CC1. The molecule has 2 aromatic rings. The van der Waals surface area contributed by atoms with Crippen LogP contribution >= 0.6 is 0 Å². The van der Waals surface area contributed by atoms with Crippen LogP contribution in [0.4, 0.5) is 15.9 Å². The van der Waals surface area contributed by atoms with Gasteiger partial charge in [0.2, 0.25) is 5.88 Å². The fourth-order valence-corrected chi connectivity index (χ4v) is 3.29. The summed E-state index contributed by atoms with van der Waals surface area (Å²) in [7, 11) is 0. The lowest BCUT2D eigenvalue weighted by molar-refractivity contribution is 0.198. The lowest BCUT2D eigenvalue weighted by Gasteiger charge is -2.39. The molecule has 6 heteroatoms. The Bertz CT molecular complexity index is 736. The topological polar surface area (TPSA) is 64.3 Å². The predicted molar refractivity (Wildman–Crippen MR) is 97.3 cm³/mol. The summed E-state index contributed by atoms with van der Waals surface area (Å²) >= 11 is 0. The van der Waals surface area contributed by atoms with Crippen LogP contribution in [0, 0.1) is 17.2 Å². The number of halogens is 1. The van der Waals surface area contributed by atoms with Gasteiger partial charge in [-0.3, -0.25) is 0 Å². The second-order valence-electron chi connectivity index (χ2n) is 7.58. The number of nitrogens with two attached hydrogens (primary N) is 1. The van der Waals surface area contributed by atoms with Crippen LogP contribution in [0.25, 0.3) is 0 Å². The Morgan fingerprint density at radius 3 is 2.48 bits per heavy atom. The molecule has 0 atom stereocenters. The number of piperidine rings is 1. The van der Waals surface area contributed by atoms with E-state index in [1.54, 1.807) is 18.2 Å². The average Bonchev–Trinajstić information content (AvgIpc) is 2.58. The van der Waals surface area contributed by atoms with Gasteiger partial charge in [-0.05, 0) is 36.3 Å². The Kier molecular flexibility index (Phi) is 4.79. The second-order valence-corrected chi connectivity index (χ2v) is 7.58. The van der Waals surface area contributed by atoms with Crippen molar-refractivity contribution < 1.29 is 9.13 Å². The number of anilines is 2. The maximum Gasteiger partial charge on any atom is 0.248 e. The maximum absolute atomic E-state index is 13.8. The van der Waals surface area contributed by atoms with Gasteiger partial charge in [-0.2, -0.15) is 4.98 Å². The van der Waals surface area contributed by atoms with Gasteiger partial charge in [0, 0.05) is 13.1 Å². The molecule has 1 aromatic heterocycles. The van der Waals surface area contributed by atoms with E-state index in [1.165, 1.54) is 12.4 Å². The summed E-state index contributed by atoms with van der Waals surface area (Å²) in [5.74, 6) is 1.18. The van der Waals surface area contributed by atoms with Crippen molar-refractivity contribution in [1.82, 2.24) is 9.97 Å². The number of benzene rings is 1. The summed E-state index contributed by atoms with van der Waals surface area (Å²) in [5, 5.41) is 0. The van der Waals surface area contributed by atoms with Crippen molar-refractivity contribution >= 4 is 11.5 Å². The highest BCUT2D eigenvalue weighted by Gasteiger charge is 2.30. The minimum absolute atomic E-state index is 0.102.